The summed E-state index contributed by atoms with van der Waals surface area (Å²) in [6.45, 7) is 2.03. The molecule has 0 radical (unpaired) electrons. The number of furan rings is 1. The first-order valence-corrected chi connectivity index (χ1v) is 5.29. The smallest absolute Gasteiger partial charge is 0.158 e. The van der Waals surface area contributed by atoms with Crippen molar-refractivity contribution in [1.29, 1.82) is 5.26 Å². The van der Waals surface area contributed by atoms with E-state index < -0.39 is 0 Å². The van der Waals surface area contributed by atoms with Gasteiger partial charge in [-0.1, -0.05) is 0 Å². The van der Waals surface area contributed by atoms with Gasteiger partial charge in [0.1, 0.15) is 17.6 Å². The average Bonchev–Trinajstić information content (AvgIpc) is 2.82. The van der Waals surface area contributed by atoms with Gasteiger partial charge in [-0.05, 0) is 19.1 Å². The summed E-state index contributed by atoms with van der Waals surface area (Å²) in [6.07, 6.45) is 5.43. The SMILES string of the molecule is CC(Cc1ccco1)Nc1cnc(C#N)cn1. The number of aromatic nitrogens is 2. The molecule has 2 heterocycles. The number of hydrogen-bond acceptors (Lipinski definition) is 5. The topological polar surface area (TPSA) is 74.7 Å². The molecule has 1 atom stereocenters. The van der Waals surface area contributed by atoms with Crippen LogP contribution >= 0.6 is 0 Å². The van der Waals surface area contributed by atoms with E-state index in [4.69, 9.17) is 9.68 Å². The van der Waals surface area contributed by atoms with Gasteiger partial charge < -0.3 is 9.73 Å². The van der Waals surface area contributed by atoms with Crippen LogP contribution in [0.25, 0.3) is 0 Å². The number of hydrogen-bond donors (Lipinski definition) is 1. The van der Waals surface area contributed by atoms with Crippen molar-refractivity contribution in [3.63, 3.8) is 0 Å². The van der Waals surface area contributed by atoms with E-state index in [1.165, 1.54) is 6.20 Å². The molecule has 0 aliphatic heterocycles. The fraction of sp³-hybridized carbons (Fsp3) is 0.250. The number of rotatable bonds is 4. The minimum atomic E-state index is 0.184. The molecule has 2 aromatic heterocycles. The lowest BCUT2D eigenvalue weighted by atomic mass is 10.2. The van der Waals surface area contributed by atoms with Crippen LogP contribution in [0.15, 0.2) is 35.2 Å². The first-order chi connectivity index (χ1) is 8.28. The van der Waals surface area contributed by atoms with E-state index >= 15 is 0 Å². The molecular weight excluding hydrogens is 216 g/mol. The largest absolute Gasteiger partial charge is 0.469 e. The van der Waals surface area contributed by atoms with E-state index in [9.17, 15) is 0 Å². The molecule has 0 spiro atoms. The molecule has 0 aliphatic carbocycles. The lowest BCUT2D eigenvalue weighted by Gasteiger charge is -2.12. The zero-order valence-electron chi connectivity index (χ0n) is 9.42. The number of nitrogens with one attached hydrogen (secondary N) is 1. The minimum Gasteiger partial charge on any atom is -0.469 e. The maximum absolute atomic E-state index is 8.60. The van der Waals surface area contributed by atoms with Gasteiger partial charge in [0.05, 0.1) is 18.7 Å². The Labute approximate surface area is 99.1 Å². The highest BCUT2D eigenvalue weighted by molar-refractivity contribution is 5.34. The first-order valence-electron chi connectivity index (χ1n) is 5.29. The molecule has 86 valence electrons. The second kappa shape index (κ2) is 5.12. The predicted octanol–water partition coefficient (Wildman–Crippen LogP) is 1.98. The van der Waals surface area contributed by atoms with Gasteiger partial charge in [0, 0.05) is 12.5 Å². The fourth-order valence-corrected chi connectivity index (χ4v) is 1.49. The van der Waals surface area contributed by atoms with Crippen molar-refractivity contribution in [3.8, 4) is 6.07 Å². The monoisotopic (exact) mass is 228 g/mol. The zero-order chi connectivity index (χ0) is 12.1. The van der Waals surface area contributed by atoms with E-state index in [-0.39, 0.29) is 6.04 Å². The molecule has 0 aromatic carbocycles. The molecule has 5 heteroatoms. The van der Waals surface area contributed by atoms with Gasteiger partial charge in [0.15, 0.2) is 5.69 Å². The van der Waals surface area contributed by atoms with Crippen LogP contribution in [0.5, 0.6) is 0 Å². The third-order valence-corrected chi connectivity index (χ3v) is 2.25. The Bertz CT molecular complexity index is 498. The van der Waals surface area contributed by atoms with Crippen LogP contribution in [0.2, 0.25) is 0 Å². The molecule has 17 heavy (non-hydrogen) atoms. The van der Waals surface area contributed by atoms with Crippen molar-refractivity contribution < 1.29 is 4.42 Å². The second-order valence-electron chi connectivity index (χ2n) is 3.73. The van der Waals surface area contributed by atoms with Crippen LogP contribution in [0.4, 0.5) is 5.82 Å². The Kier molecular flexibility index (Phi) is 3.36. The lowest BCUT2D eigenvalue weighted by molar-refractivity contribution is 0.497. The van der Waals surface area contributed by atoms with E-state index in [1.54, 1.807) is 12.5 Å². The molecule has 1 N–H and O–H groups in total. The molecule has 2 aromatic rings. The first kappa shape index (κ1) is 11.1. The molecule has 5 nitrogen and oxygen atoms in total. The van der Waals surface area contributed by atoms with Gasteiger partial charge in [-0.25, -0.2) is 9.97 Å². The minimum absolute atomic E-state index is 0.184. The van der Waals surface area contributed by atoms with Crippen LogP contribution in [-0.4, -0.2) is 16.0 Å². The van der Waals surface area contributed by atoms with Gasteiger partial charge in [-0.2, -0.15) is 5.26 Å². The standard InChI is InChI=1S/C12H12N4O/c1-9(5-11-3-2-4-17-11)16-12-8-14-10(6-13)7-15-12/h2-4,7-9H,5H2,1H3,(H,15,16). The molecule has 1 unspecified atom stereocenters. The van der Waals surface area contributed by atoms with Gasteiger partial charge >= 0.3 is 0 Å². The molecule has 0 amide bonds. The number of nitrogens with zero attached hydrogens (tertiary/aromatic N) is 3. The summed E-state index contributed by atoms with van der Waals surface area (Å²) in [5.41, 5.74) is 0.314. The summed E-state index contributed by atoms with van der Waals surface area (Å²) >= 11 is 0. The molecule has 2 rings (SSSR count). The van der Waals surface area contributed by atoms with Crippen molar-refractivity contribution >= 4 is 5.82 Å². The number of nitriles is 1. The molecular formula is C12H12N4O. The summed E-state index contributed by atoms with van der Waals surface area (Å²) in [5, 5.41) is 11.8. The van der Waals surface area contributed by atoms with Crippen LogP contribution in [-0.2, 0) is 6.42 Å². The van der Waals surface area contributed by atoms with Crippen LogP contribution in [0.3, 0.4) is 0 Å². The summed E-state index contributed by atoms with van der Waals surface area (Å²) in [6, 6.07) is 5.91. The molecule has 0 saturated carbocycles. The predicted molar refractivity (Wildman–Crippen MR) is 62.2 cm³/mol. The number of anilines is 1. The van der Waals surface area contributed by atoms with Crippen LogP contribution in [0.1, 0.15) is 18.4 Å². The summed E-state index contributed by atoms with van der Waals surface area (Å²) in [4.78, 5) is 8.03. The Balaban J connectivity index is 1.94. The Morgan fingerprint density at radius 3 is 2.94 bits per heavy atom. The maximum atomic E-state index is 8.60. The summed E-state index contributed by atoms with van der Waals surface area (Å²) < 4.78 is 5.26. The van der Waals surface area contributed by atoms with Crippen molar-refractivity contribution in [2.75, 3.05) is 5.32 Å². The van der Waals surface area contributed by atoms with E-state index in [0.29, 0.717) is 11.5 Å². The quantitative estimate of drug-likeness (QED) is 0.866. The van der Waals surface area contributed by atoms with Gasteiger partial charge in [-0.3, -0.25) is 0 Å². The van der Waals surface area contributed by atoms with Crippen molar-refractivity contribution in [3.05, 3.63) is 42.2 Å². The fourth-order valence-electron chi connectivity index (χ4n) is 1.49. The Hall–Kier alpha value is -2.35. The Morgan fingerprint density at radius 1 is 1.47 bits per heavy atom. The molecule has 0 saturated heterocycles. The van der Waals surface area contributed by atoms with Crippen molar-refractivity contribution in [2.24, 2.45) is 0 Å². The third kappa shape index (κ3) is 3.05. The second-order valence-corrected chi connectivity index (χ2v) is 3.73. The van der Waals surface area contributed by atoms with E-state index in [1.807, 2.05) is 25.1 Å². The highest BCUT2D eigenvalue weighted by atomic mass is 16.3. The lowest BCUT2D eigenvalue weighted by Crippen LogP contribution is -2.18. The van der Waals surface area contributed by atoms with Crippen LogP contribution < -0.4 is 5.32 Å². The van der Waals surface area contributed by atoms with Gasteiger partial charge in [-0.15, -0.1) is 0 Å². The van der Waals surface area contributed by atoms with Gasteiger partial charge in [0.25, 0.3) is 0 Å². The highest BCUT2D eigenvalue weighted by Crippen LogP contribution is 2.08. The molecule has 0 bridgehead atoms. The van der Waals surface area contributed by atoms with Crippen LogP contribution in [0, 0.1) is 11.3 Å². The van der Waals surface area contributed by atoms with E-state index in [2.05, 4.69) is 15.3 Å². The summed E-state index contributed by atoms with van der Waals surface area (Å²) in [5.74, 6) is 1.58. The normalized spacial score (nSPS) is 11.8. The van der Waals surface area contributed by atoms with Crippen molar-refractivity contribution in [1.82, 2.24) is 9.97 Å². The van der Waals surface area contributed by atoms with Crippen molar-refractivity contribution in [2.45, 2.75) is 19.4 Å². The maximum Gasteiger partial charge on any atom is 0.158 e. The molecule has 0 fully saturated rings. The third-order valence-electron chi connectivity index (χ3n) is 2.25. The van der Waals surface area contributed by atoms with Gasteiger partial charge in [0.2, 0.25) is 0 Å². The molecule has 0 aliphatic rings. The Morgan fingerprint density at radius 2 is 2.35 bits per heavy atom. The zero-order valence-corrected chi connectivity index (χ0v) is 9.42. The van der Waals surface area contributed by atoms with E-state index in [0.717, 1.165) is 12.2 Å². The summed E-state index contributed by atoms with van der Waals surface area (Å²) in [7, 11) is 0. The average molecular weight is 228 g/mol. The highest BCUT2D eigenvalue weighted by Gasteiger charge is 2.06.